The molecule has 3 N–H and O–H groups in total. The van der Waals surface area contributed by atoms with Crippen molar-refractivity contribution in [2.45, 2.75) is 53.1 Å². The molecule has 0 aromatic rings. The zero-order valence-corrected chi connectivity index (χ0v) is 11.8. The molecule has 3 heteroatoms. The third kappa shape index (κ3) is 5.28. The summed E-state index contributed by atoms with van der Waals surface area (Å²) in [6, 6.07) is 0.0495. The summed E-state index contributed by atoms with van der Waals surface area (Å²) < 4.78 is 0. The third-order valence-corrected chi connectivity index (χ3v) is 3.23. The average Bonchev–Trinajstić information content (AvgIpc) is 2.14. The molecule has 0 amide bonds. The number of nitrogens with zero attached hydrogens (tertiary/aromatic N) is 1. The molecule has 0 spiro atoms. The molecule has 0 saturated carbocycles. The first-order valence-corrected chi connectivity index (χ1v) is 6.26. The summed E-state index contributed by atoms with van der Waals surface area (Å²) in [5, 5.41) is 9.47. The van der Waals surface area contributed by atoms with E-state index in [1.807, 2.05) is 0 Å². The Bertz CT molecular complexity index is 187. The van der Waals surface area contributed by atoms with E-state index in [1.165, 1.54) is 0 Å². The van der Waals surface area contributed by atoms with Gasteiger partial charge in [-0.05, 0) is 31.3 Å². The Morgan fingerprint density at radius 2 is 1.75 bits per heavy atom. The zero-order valence-electron chi connectivity index (χ0n) is 11.8. The van der Waals surface area contributed by atoms with Gasteiger partial charge in [-0.15, -0.1) is 0 Å². The molecule has 0 aliphatic rings. The van der Waals surface area contributed by atoms with Gasteiger partial charge in [0.05, 0.1) is 6.61 Å². The van der Waals surface area contributed by atoms with E-state index in [4.69, 9.17) is 5.73 Å². The first kappa shape index (κ1) is 15.9. The van der Waals surface area contributed by atoms with Crippen LogP contribution in [0.4, 0.5) is 0 Å². The van der Waals surface area contributed by atoms with Crippen LogP contribution in [-0.2, 0) is 0 Å². The van der Waals surface area contributed by atoms with Gasteiger partial charge in [0.1, 0.15) is 0 Å². The third-order valence-electron chi connectivity index (χ3n) is 3.23. The molecular weight excluding hydrogens is 200 g/mol. The molecular formula is C13H30N2O. The van der Waals surface area contributed by atoms with Crippen LogP contribution in [0.1, 0.15) is 41.0 Å². The maximum atomic E-state index is 9.47. The van der Waals surface area contributed by atoms with Crippen LogP contribution >= 0.6 is 0 Å². The van der Waals surface area contributed by atoms with E-state index >= 15 is 0 Å². The van der Waals surface area contributed by atoms with E-state index in [0.29, 0.717) is 5.92 Å². The highest BCUT2D eigenvalue weighted by Gasteiger charge is 2.30. The Balaban J connectivity index is 4.37. The van der Waals surface area contributed by atoms with Gasteiger partial charge < -0.3 is 10.8 Å². The number of aliphatic hydroxyl groups is 1. The Morgan fingerprint density at radius 3 is 2.06 bits per heavy atom. The standard InChI is InChI=1S/C13H30N2O/c1-10(2)7-8-15(6)11(9-16)12(14)13(3,4)5/h10-12,16H,7-9,14H2,1-6H3. The fourth-order valence-electron chi connectivity index (χ4n) is 1.73. The predicted octanol–water partition coefficient (Wildman–Crippen LogP) is 1.70. The van der Waals surface area contributed by atoms with Gasteiger partial charge in [-0.25, -0.2) is 0 Å². The summed E-state index contributed by atoms with van der Waals surface area (Å²) in [6.45, 7) is 11.9. The van der Waals surface area contributed by atoms with Gasteiger partial charge in [0.15, 0.2) is 0 Å². The van der Waals surface area contributed by atoms with Crippen LogP contribution in [-0.4, -0.2) is 42.3 Å². The second-order valence-electron chi connectivity index (χ2n) is 6.30. The molecule has 0 bridgehead atoms. The lowest BCUT2D eigenvalue weighted by Gasteiger charge is -2.38. The van der Waals surface area contributed by atoms with Crippen LogP contribution in [0.3, 0.4) is 0 Å². The second-order valence-corrected chi connectivity index (χ2v) is 6.30. The van der Waals surface area contributed by atoms with E-state index < -0.39 is 0 Å². The Labute approximate surface area is 101 Å². The predicted molar refractivity (Wildman–Crippen MR) is 70.4 cm³/mol. The van der Waals surface area contributed by atoms with Crippen molar-refractivity contribution in [2.75, 3.05) is 20.2 Å². The largest absolute Gasteiger partial charge is 0.395 e. The van der Waals surface area contributed by atoms with Crippen LogP contribution in [0.25, 0.3) is 0 Å². The molecule has 16 heavy (non-hydrogen) atoms. The summed E-state index contributed by atoms with van der Waals surface area (Å²) in [7, 11) is 2.05. The van der Waals surface area contributed by atoms with Gasteiger partial charge in [0.25, 0.3) is 0 Å². The first-order valence-electron chi connectivity index (χ1n) is 6.26. The number of likely N-dealkylation sites (N-methyl/N-ethyl adjacent to an activating group) is 1. The molecule has 2 atom stereocenters. The zero-order chi connectivity index (χ0) is 12.9. The van der Waals surface area contributed by atoms with Gasteiger partial charge >= 0.3 is 0 Å². The monoisotopic (exact) mass is 230 g/mol. The van der Waals surface area contributed by atoms with Crippen molar-refractivity contribution in [2.24, 2.45) is 17.1 Å². The number of hydrogen-bond donors (Lipinski definition) is 2. The molecule has 0 rings (SSSR count). The molecule has 0 aliphatic carbocycles. The fraction of sp³-hybridized carbons (Fsp3) is 1.00. The highest BCUT2D eigenvalue weighted by Crippen LogP contribution is 2.22. The lowest BCUT2D eigenvalue weighted by atomic mass is 9.82. The minimum atomic E-state index is -0.00494. The van der Waals surface area contributed by atoms with E-state index in [1.54, 1.807) is 0 Å². The van der Waals surface area contributed by atoms with Crippen molar-refractivity contribution in [3.63, 3.8) is 0 Å². The summed E-state index contributed by atoms with van der Waals surface area (Å²) in [5.74, 6) is 0.688. The van der Waals surface area contributed by atoms with Gasteiger partial charge in [-0.3, -0.25) is 4.90 Å². The highest BCUT2D eigenvalue weighted by atomic mass is 16.3. The maximum absolute atomic E-state index is 9.47. The van der Waals surface area contributed by atoms with Gasteiger partial charge in [-0.2, -0.15) is 0 Å². The Kier molecular flexibility index (Phi) is 6.53. The second kappa shape index (κ2) is 6.58. The quantitative estimate of drug-likeness (QED) is 0.730. The highest BCUT2D eigenvalue weighted by molar-refractivity contribution is 4.88. The molecule has 98 valence electrons. The topological polar surface area (TPSA) is 49.5 Å². The molecule has 0 saturated heterocycles. The van der Waals surface area contributed by atoms with E-state index in [9.17, 15) is 5.11 Å². The van der Waals surface area contributed by atoms with Crippen molar-refractivity contribution < 1.29 is 5.11 Å². The SMILES string of the molecule is CC(C)CCN(C)C(CO)C(N)C(C)(C)C. The van der Waals surface area contributed by atoms with Crippen LogP contribution in [0, 0.1) is 11.3 Å². The van der Waals surface area contributed by atoms with Crippen molar-refractivity contribution in [3.8, 4) is 0 Å². The number of aliphatic hydroxyl groups excluding tert-OH is 1. The molecule has 0 aliphatic heterocycles. The minimum Gasteiger partial charge on any atom is -0.395 e. The summed E-state index contributed by atoms with van der Waals surface area (Å²) >= 11 is 0. The summed E-state index contributed by atoms with van der Waals surface area (Å²) in [6.07, 6.45) is 1.14. The molecule has 2 unspecified atom stereocenters. The summed E-state index contributed by atoms with van der Waals surface area (Å²) in [5.41, 5.74) is 6.24. The van der Waals surface area contributed by atoms with Crippen LogP contribution < -0.4 is 5.73 Å². The first-order chi connectivity index (χ1) is 7.20. The van der Waals surface area contributed by atoms with Crippen LogP contribution in [0.15, 0.2) is 0 Å². The smallest absolute Gasteiger partial charge is 0.0602 e. The number of rotatable bonds is 6. The number of hydrogen-bond acceptors (Lipinski definition) is 3. The van der Waals surface area contributed by atoms with E-state index in [0.717, 1.165) is 13.0 Å². The molecule has 0 aromatic carbocycles. The van der Waals surface area contributed by atoms with Crippen molar-refractivity contribution in [1.82, 2.24) is 4.90 Å². The van der Waals surface area contributed by atoms with Gasteiger partial charge in [-0.1, -0.05) is 34.6 Å². The van der Waals surface area contributed by atoms with Gasteiger partial charge in [0.2, 0.25) is 0 Å². The molecule has 3 nitrogen and oxygen atoms in total. The number of nitrogens with two attached hydrogens (primary N) is 1. The van der Waals surface area contributed by atoms with Crippen molar-refractivity contribution in [3.05, 3.63) is 0 Å². The maximum Gasteiger partial charge on any atom is 0.0602 e. The molecule has 0 aromatic heterocycles. The minimum absolute atomic E-state index is 0.00494. The van der Waals surface area contributed by atoms with Gasteiger partial charge in [0, 0.05) is 12.1 Å². The van der Waals surface area contributed by atoms with Crippen LogP contribution in [0.2, 0.25) is 0 Å². The van der Waals surface area contributed by atoms with E-state index in [2.05, 4.69) is 46.6 Å². The summed E-state index contributed by atoms with van der Waals surface area (Å²) in [4.78, 5) is 2.19. The fourth-order valence-corrected chi connectivity index (χ4v) is 1.73. The average molecular weight is 230 g/mol. The Hall–Kier alpha value is -0.120. The van der Waals surface area contributed by atoms with Crippen molar-refractivity contribution in [1.29, 1.82) is 0 Å². The molecule has 0 heterocycles. The lowest BCUT2D eigenvalue weighted by molar-refractivity contribution is 0.0859. The van der Waals surface area contributed by atoms with Crippen LogP contribution in [0.5, 0.6) is 0 Å². The molecule has 0 fully saturated rings. The van der Waals surface area contributed by atoms with Crippen molar-refractivity contribution >= 4 is 0 Å². The lowest BCUT2D eigenvalue weighted by Crippen LogP contribution is -2.54. The Morgan fingerprint density at radius 1 is 1.25 bits per heavy atom. The normalized spacial score (nSPS) is 16.9. The van der Waals surface area contributed by atoms with E-state index in [-0.39, 0.29) is 24.1 Å². The molecule has 0 radical (unpaired) electrons.